The smallest absolute Gasteiger partial charge is 0.308 e. The van der Waals surface area contributed by atoms with E-state index in [1.165, 1.54) is 18.1 Å². The first-order chi connectivity index (χ1) is 6.67. The number of benzene rings is 1. The van der Waals surface area contributed by atoms with E-state index < -0.39 is 0 Å². The molecule has 14 heavy (non-hydrogen) atoms. The molecular weight excluding hydrogens is 176 g/mol. The standard InChI is InChI=1S/C12H16O2/c1-4-10-6-7-12(14-9(3)13)8-11(10)5-2/h6-8H,4-5H2,1-3H3. The third-order valence-corrected chi connectivity index (χ3v) is 2.20. The van der Waals surface area contributed by atoms with Crippen LogP contribution in [0, 0.1) is 0 Å². The number of esters is 1. The summed E-state index contributed by atoms with van der Waals surface area (Å²) < 4.78 is 5.02. The molecular formula is C12H16O2. The van der Waals surface area contributed by atoms with Crippen molar-refractivity contribution in [3.05, 3.63) is 29.3 Å². The average molecular weight is 192 g/mol. The van der Waals surface area contributed by atoms with Crippen molar-refractivity contribution in [3.8, 4) is 5.75 Å². The quantitative estimate of drug-likeness (QED) is 0.543. The summed E-state index contributed by atoms with van der Waals surface area (Å²) in [5, 5.41) is 0. The van der Waals surface area contributed by atoms with E-state index in [4.69, 9.17) is 4.74 Å². The van der Waals surface area contributed by atoms with Crippen LogP contribution >= 0.6 is 0 Å². The van der Waals surface area contributed by atoms with Gasteiger partial charge in [0.25, 0.3) is 0 Å². The zero-order valence-corrected chi connectivity index (χ0v) is 8.96. The minimum atomic E-state index is -0.267. The summed E-state index contributed by atoms with van der Waals surface area (Å²) in [5.74, 6) is 0.378. The molecule has 0 unspecified atom stereocenters. The Bertz CT molecular complexity index is 329. The van der Waals surface area contributed by atoms with Crippen molar-refractivity contribution in [2.75, 3.05) is 0 Å². The molecule has 0 aliphatic carbocycles. The Labute approximate surface area is 84.9 Å². The lowest BCUT2D eigenvalue weighted by Gasteiger charge is -2.08. The average Bonchev–Trinajstić information content (AvgIpc) is 2.16. The van der Waals surface area contributed by atoms with Gasteiger partial charge in [0.1, 0.15) is 5.75 Å². The third-order valence-electron chi connectivity index (χ3n) is 2.20. The first-order valence-electron chi connectivity index (χ1n) is 4.97. The van der Waals surface area contributed by atoms with Crippen molar-refractivity contribution in [2.24, 2.45) is 0 Å². The zero-order valence-electron chi connectivity index (χ0n) is 8.96. The van der Waals surface area contributed by atoms with E-state index in [-0.39, 0.29) is 5.97 Å². The van der Waals surface area contributed by atoms with Crippen LogP contribution in [0.5, 0.6) is 5.75 Å². The highest BCUT2D eigenvalue weighted by molar-refractivity contribution is 5.69. The second-order valence-electron chi connectivity index (χ2n) is 3.23. The number of carbonyl (C=O) groups is 1. The van der Waals surface area contributed by atoms with Gasteiger partial charge in [0.2, 0.25) is 0 Å². The molecule has 1 rings (SSSR count). The molecule has 76 valence electrons. The molecule has 0 aliphatic heterocycles. The molecule has 0 spiro atoms. The van der Waals surface area contributed by atoms with Crippen molar-refractivity contribution in [1.82, 2.24) is 0 Å². The summed E-state index contributed by atoms with van der Waals surface area (Å²) >= 11 is 0. The van der Waals surface area contributed by atoms with Crippen LogP contribution in [0.25, 0.3) is 0 Å². The molecule has 0 radical (unpaired) electrons. The summed E-state index contributed by atoms with van der Waals surface area (Å²) in [4.78, 5) is 10.7. The topological polar surface area (TPSA) is 26.3 Å². The molecule has 0 bridgehead atoms. The number of hydrogen-bond donors (Lipinski definition) is 0. The summed E-state index contributed by atoms with van der Waals surface area (Å²) in [7, 11) is 0. The molecule has 0 saturated heterocycles. The molecule has 0 aliphatic rings. The van der Waals surface area contributed by atoms with Crippen LogP contribution in [0.4, 0.5) is 0 Å². The second-order valence-corrected chi connectivity index (χ2v) is 3.23. The lowest BCUT2D eigenvalue weighted by atomic mass is 10.0. The molecule has 0 aromatic heterocycles. The van der Waals surface area contributed by atoms with Crippen LogP contribution in [0.3, 0.4) is 0 Å². The van der Waals surface area contributed by atoms with E-state index in [9.17, 15) is 4.79 Å². The van der Waals surface area contributed by atoms with Crippen molar-refractivity contribution in [3.63, 3.8) is 0 Å². The molecule has 0 heterocycles. The summed E-state index contributed by atoms with van der Waals surface area (Å²) in [6, 6.07) is 5.82. The molecule has 0 saturated carbocycles. The van der Waals surface area contributed by atoms with Crippen molar-refractivity contribution in [2.45, 2.75) is 33.6 Å². The number of aryl methyl sites for hydroxylation is 2. The van der Waals surface area contributed by atoms with Crippen molar-refractivity contribution < 1.29 is 9.53 Å². The Hall–Kier alpha value is -1.31. The molecule has 1 aromatic rings. The number of hydrogen-bond acceptors (Lipinski definition) is 2. The van der Waals surface area contributed by atoms with Gasteiger partial charge in [-0.15, -0.1) is 0 Å². The van der Waals surface area contributed by atoms with E-state index in [1.54, 1.807) is 0 Å². The summed E-state index contributed by atoms with van der Waals surface area (Å²) in [6.07, 6.45) is 1.99. The minimum absolute atomic E-state index is 0.267. The molecule has 2 heteroatoms. The van der Waals surface area contributed by atoms with E-state index >= 15 is 0 Å². The van der Waals surface area contributed by atoms with Gasteiger partial charge in [0.05, 0.1) is 0 Å². The fraction of sp³-hybridized carbons (Fsp3) is 0.417. The first-order valence-corrected chi connectivity index (χ1v) is 4.97. The van der Waals surface area contributed by atoms with Gasteiger partial charge in [0, 0.05) is 6.92 Å². The molecule has 0 N–H and O–H groups in total. The summed E-state index contributed by atoms with van der Waals surface area (Å²) in [5.41, 5.74) is 2.58. The Kier molecular flexibility index (Phi) is 3.69. The highest BCUT2D eigenvalue weighted by Gasteiger charge is 2.03. The predicted octanol–water partition coefficient (Wildman–Crippen LogP) is 2.74. The van der Waals surface area contributed by atoms with Gasteiger partial charge in [-0.1, -0.05) is 19.9 Å². The fourth-order valence-corrected chi connectivity index (χ4v) is 1.51. The number of ether oxygens (including phenoxy) is 1. The Morgan fingerprint density at radius 3 is 2.36 bits per heavy atom. The lowest BCUT2D eigenvalue weighted by Crippen LogP contribution is -2.02. The van der Waals surface area contributed by atoms with Crippen molar-refractivity contribution in [1.29, 1.82) is 0 Å². The Morgan fingerprint density at radius 2 is 1.86 bits per heavy atom. The van der Waals surface area contributed by atoms with Crippen LogP contribution in [-0.2, 0) is 17.6 Å². The van der Waals surface area contributed by atoms with Crippen LogP contribution in [0.1, 0.15) is 31.9 Å². The van der Waals surface area contributed by atoms with E-state index in [1.807, 2.05) is 18.2 Å². The van der Waals surface area contributed by atoms with Gasteiger partial charge in [-0.25, -0.2) is 0 Å². The second kappa shape index (κ2) is 4.80. The SMILES string of the molecule is CCc1ccc(OC(C)=O)cc1CC. The molecule has 0 atom stereocenters. The van der Waals surface area contributed by atoms with E-state index in [0.29, 0.717) is 5.75 Å². The first kappa shape index (κ1) is 10.8. The zero-order chi connectivity index (χ0) is 10.6. The van der Waals surface area contributed by atoms with Gasteiger partial charge in [-0.2, -0.15) is 0 Å². The van der Waals surface area contributed by atoms with Gasteiger partial charge in [-0.3, -0.25) is 4.79 Å². The number of rotatable bonds is 3. The maximum Gasteiger partial charge on any atom is 0.308 e. The van der Waals surface area contributed by atoms with Crippen LogP contribution in [0.15, 0.2) is 18.2 Å². The Morgan fingerprint density at radius 1 is 1.21 bits per heavy atom. The minimum Gasteiger partial charge on any atom is -0.427 e. The van der Waals surface area contributed by atoms with Gasteiger partial charge in [-0.05, 0) is 36.1 Å². The molecule has 2 nitrogen and oxygen atoms in total. The molecule has 0 amide bonds. The molecule has 1 aromatic carbocycles. The van der Waals surface area contributed by atoms with Crippen LogP contribution in [0.2, 0.25) is 0 Å². The highest BCUT2D eigenvalue weighted by Crippen LogP contribution is 2.19. The largest absolute Gasteiger partial charge is 0.427 e. The Balaban J connectivity index is 2.95. The fourth-order valence-electron chi connectivity index (χ4n) is 1.51. The van der Waals surface area contributed by atoms with Gasteiger partial charge >= 0.3 is 5.97 Å². The number of carbonyl (C=O) groups excluding carboxylic acids is 1. The molecule has 0 fully saturated rings. The van der Waals surface area contributed by atoms with Crippen molar-refractivity contribution >= 4 is 5.97 Å². The maximum atomic E-state index is 10.7. The summed E-state index contributed by atoms with van der Waals surface area (Å²) in [6.45, 7) is 5.64. The van der Waals surface area contributed by atoms with Crippen LogP contribution < -0.4 is 4.74 Å². The van der Waals surface area contributed by atoms with E-state index in [2.05, 4.69) is 13.8 Å². The van der Waals surface area contributed by atoms with Crippen LogP contribution in [-0.4, -0.2) is 5.97 Å². The normalized spacial score (nSPS) is 9.93. The van der Waals surface area contributed by atoms with Gasteiger partial charge in [0.15, 0.2) is 0 Å². The monoisotopic (exact) mass is 192 g/mol. The maximum absolute atomic E-state index is 10.7. The third kappa shape index (κ3) is 2.59. The predicted molar refractivity (Wildman–Crippen MR) is 56.5 cm³/mol. The highest BCUT2D eigenvalue weighted by atomic mass is 16.5. The lowest BCUT2D eigenvalue weighted by molar-refractivity contribution is -0.131. The van der Waals surface area contributed by atoms with Gasteiger partial charge < -0.3 is 4.74 Å². The van der Waals surface area contributed by atoms with E-state index in [0.717, 1.165) is 12.8 Å².